The van der Waals surface area contributed by atoms with Crippen molar-refractivity contribution in [3.8, 4) is 0 Å². The Morgan fingerprint density at radius 1 is 1.52 bits per heavy atom. The van der Waals surface area contributed by atoms with Crippen LogP contribution in [0.4, 0.5) is 10.1 Å². The van der Waals surface area contributed by atoms with Gasteiger partial charge in [-0.1, -0.05) is 0 Å². The second-order valence-corrected chi connectivity index (χ2v) is 5.05. The quantitative estimate of drug-likeness (QED) is 0.585. The summed E-state index contributed by atoms with van der Waals surface area (Å²) in [4.78, 5) is 32.5. The van der Waals surface area contributed by atoms with Crippen LogP contribution in [0.3, 0.4) is 0 Å². The van der Waals surface area contributed by atoms with Crippen LogP contribution in [0.15, 0.2) is 18.2 Å². The summed E-state index contributed by atoms with van der Waals surface area (Å²) in [6, 6.07) is 1.53. The molecule has 0 fully saturated rings. The molecule has 0 saturated carbocycles. The first kappa shape index (κ1) is 16.9. The molecule has 1 amide bonds. The third-order valence-corrected chi connectivity index (χ3v) is 3.26. The van der Waals surface area contributed by atoms with Gasteiger partial charge in [-0.3, -0.25) is 14.9 Å². The molecule has 21 heavy (non-hydrogen) atoms. The fraction of sp³-hybridized carbons (Fsp3) is 0.333. The average molecular weight is 316 g/mol. The molecule has 0 saturated heterocycles. The van der Waals surface area contributed by atoms with Crippen LogP contribution in [0.25, 0.3) is 0 Å². The minimum atomic E-state index is -1.20. The number of nitrogens with zero attached hydrogens (tertiary/aromatic N) is 1. The number of hydrogen-bond donors (Lipinski definition) is 2. The Morgan fingerprint density at radius 3 is 2.71 bits per heavy atom. The lowest BCUT2D eigenvalue weighted by Crippen LogP contribution is -2.41. The van der Waals surface area contributed by atoms with Gasteiger partial charge >= 0.3 is 11.7 Å². The topological polar surface area (TPSA) is 110 Å². The lowest BCUT2D eigenvalue weighted by molar-refractivity contribution is -0.387. The zero-order valence-corrected chi connectivity index (χ0v) is 11.9. The van der Waals surface area contributed by atoms with E-state index < -0.39 is 34.3 Å². The van der Waals surface area contributed by atoms with Crippen LogP contribution in [-0.4, -0.2) is 40.0 Å². The zero-order valence-electron chi connectivity index (χ0n) is 11.0. The number of carbonyl (C=O) groups excluding carboxylic acids is 1. The molecule has 0 aliphatic carbocycles. The van der Waals surface area contributed by atoms with Gasteiger partial charge in [0.05, 0.1) is 4.92 Å². The van der Waals surface area contributed by atoms with Crippen LogP contribution >= 0.6 is 11.8 Å². The number of nitro groups is 1. The molecule has 0 heterocycles. The summed E-state index contributed by atoms with van der Waals surface area (Å²) in [5.74, 6) is -2.53. The molecule has 1 atom stereocenters. The predicted molar refractivity (Wildman–Crippen MR) is 74.9 cm³/mol. The largest absolute Gasteiger partial charge is 0.480 e. The molecule has 7 nitrogen and oxygen atoms in total. The van der Waals surface area contributed by atoms with Crippen LogP contribution in [0.5, 0.6) is 0 Å². The van der Waals surface area contributed by atoms with Gasteiger partial charge in [0.15, 0.2) is 0 Å². The Bertz CT molecular complexity index is 567. The maximum absolute atomic E-state index is 13.2. The Balaban J connectivity index is 2.90. The third kappa shape index (κ3) is 4.71. The van der Waals surface area contributed by atoms with E-state index in [0.717, 1.165) is 18.2 Å². The first-order chi connectivity index (χ1) is 9.86. The number of carboxylic acid groups (broad SMARTS) is 1. The van der Waals surface area contributed by atoms with E-state index in [2.05, 4.69) is 5.32 Å². The van der Waals surface area contributed by atoms with Crippen LogP contribution < -0.4 is 5.32 Å². The molecule has 2 N–H and O–H groups in total. The van der Waals surface area contributed by atoms with Gasteiger partial charge in [0, 0.05) is 11.6 Å². The molecule has 0 spiro atoms. The van der Waals surface area contributed by atoms with Gasteiger partial charge < -0.3 is 10.4 Å². The van der Waals surface area contributed by atoms with Crippen LogP contribution in [-0.2, 0) is 4.79 Å². The van der Waals surface area contributed by atoms with E-state index in [-0.39, 0.29) is 12.0 Å². The molecular weight excluding hydrogens is 303 g/mol. The summed E-state index contributed by atoms with van der Waals surface area (Å²) in [5, 5.41) is 21.9. The Labute approximate surface area is 123 Å². The number of benzene rings is 1. The Hall–Kier alpha value is -2.16. The summed E-state index contributed by atoms with van der Waals surface area (Å²) in [6.45, 7) is 0. The van der Waals surface area contributed by atoms with Crippen molar-refractivity contribution in [3.05, 3.63) is 39.7 Å². The molecule has 114 valence electrons. The smallest absolute Gasteiger partial charge is 0.326 e. The molecule has 1 aromatic rings. The molecule has 1 unspecified atom stereocenters. The number of carboxylic acids is 1. The number of hydrogen-bond acceptors (Lipinski definition) is 5. The molecule has 0 aromatic heterocycles. The number of rotatable bonds is 7. The first-order valence-electron chi connectivity index (χ1n) is 5.83. The lowest BCUT2D eigenvalue weighted by Gasteiger charge is -2.13. The minimum Gasteiger partial charge on any atom is -0.480 e. The molecule has 1 rings (SSSR count). The molecule has 0 radical (unpaired) electrons. The second-order valence-electron chi connectivity index (χ2n) is 4.07. The van der Waals surface area contributed by atoms with E-state index in [1.807, 2.05) is 0 Å². The summed E-state index contributed by atoms with van der Waals surface area (Å²) in [6.07, 6.45) is 2.01. The van der Waals surface area contributed by atoms with Crippen molar-refractivity contribution in [2.45, 2.75) is 12.5 Å². The van der Waals surface area contributed by atoms with Gasteiger partial charge in [-0.15, -0.1) is 0 Å². The normalized spacial score (nSPS) is 11.7. The van der Waals surface area contributed by atoms with E-state index in [1.165, 1.54) is 11.8 Å². The molecule has 9 heteroatoms. The minimum absolute atomic E-state index is 0.168. The molecule has 0 aliphatic heterocycles. The van der Waals surface area contributed by atoms with Crippen molar-refractivity contribution in [2.75, 3.05) is 12.0 Å². The number of nitrogens with one attached hydrogen (secondary N) is 1. The van der Waals surface area contributed by atoms with Crippen LogP contribution in [0, 0.1) is 15.9 Å². The lowest BCUT2D eigenvalue weighted by atomic mass is 10.1. The van der Waals surface area contributed by atoms with Crippen molar-refractivity contribution >= 4 is 29.3 Å². The van der Waals surface area contributed by atoms with Crippen LogP contribution in [0.2, 0.25) is 0 Å². The van der Waals surface area contributed by atoms with E-state index >= 15 is 0 Å². The molecular formula is C12H13FN2O5S. The maximum atomic E-state index is 13.2. The van der Waals surface area contributed by atoms with Gasteiger partial charge in [0.25, 0.3) is 5.91 Å². The second kappa shape index (κ2) is 7.58. The number of nitro benzene ring substituents is 1. The van der Waals surface area contributed by atoms with Crippen molar-refractivity contribution in [1.29, 1.82) is 0 Å². The van der Waals surface area contributed by atoms with E-state index in [4.69, 9.17) is 5.11 Å². The highest BCUT2D eigenvalue weighted by molar-refractivity contribution is 7.98. The highest BCUT2D eigenvalue weighted by Gasteiger charge is 2.22. The van der Waals surface area contributed by atoms with E-state index in [1.54, 1.807) is 6.26 Å². The number of amides is 1. The Morgan fingerprint density at radius 2 is 2.19 bits per heavy atom. The summed E-state index contributed by atoms with van der Waals surface area (Å²) in [5.41, 5.74) is -1.00. The number of thioether (sulfide) groups is 1. The fourth-order valence-corrected chi connectivity index (χ4v) is 2.00. The van der Waals surface area contributed by atoms with Gasteiger partial charge in [-0.05, 0) is 30.6 Å². The first-order valence-corrected chi connectivity index (χ1v) is 7.22. The van der Waals surface area contributed by atoms with Crippen molar-refractivity contribution in [3.63, 3.8) is 0 Å². The highest BCUT2D eigenvalue weighted by atomic mass is 32.2. The zero-order chi connectivity index (χ0) is 16.0. The van der Waals surface area contributed by atoms with Crippen molar-refractivity contribution in [1.82, 2.24) is 5.32 Å². The summed E-state index contributed by atoms with van der Waals surface area (Å²) in [7, 11) is 0. The highest BCUT2D eigenvalue weighted by Crippen LogP contribution is 2.18. The molecule has 0 bridgehead atoms. The monoisotopic (exact) mass is 316 g/mol. The van der Waals surface area contributed by atoms with Crippen LogP contribution in [0.1, 0.15) is 16.8 Å². The summed E-state index contributed by atoms with van der Waals surface area (Å²) < 4.78 is 13.2. The molecule has 1 aromatic carbocycles. The van der Waals surface area contributed by atoms with Gasteiger partial charge in [0.1, 0.15) is 6.04 Å². The standard InChI is InChI=1S/C12H13FN2O5S/c1-21-5-4-9(12(17)18)14-11(16)7-2-3-8(13)10(6-7)15(19)20/h2-3,6,9H,4-5H2,1H3,(H,14,16)(H,17,18). The van der Waals surface area contributed by atoms with Gasteiger partial charge in [0.2, 0.25) is 5.82 Å². The van der Waals surface area contributed by atoms with E-state index in [9.17, 15) is 24.1 Å². The van der Waals surface area contributed by atoms with Crippen molar-refractivity contribution in [2.24, 2.45) is 0 Å². The molecule has 0 aliphatic rings. The van der Waals surface area contributed by atoms with Gasteiger partial charge in [-0.2, -0.15) is 16.2 Å². The predicted octanol–water partition coefficient (Wildman–Crippen LogP) is 1.67. The maximum Gasteiger partial charge on any atom is 0.326 e. The van der Waals surface area contributed by atoms with Gasteiger partial charge in [-0.25, -0.2) is 4.79 Å². The van der Waals surface area contributed by atoms with Crippen molar-refractivity contribution < 1.29 is 24.0 Å². The Kier molecular flexibility index (Phi) is 6.10. The number of carbonyl (C=O) groups is 2. The number of halogens is 1. The van der Waals surface area contributed by atoms with E-state index in [0.29, 0.717) is 5.75 Å². The fourth-order valence-electron chi connectivity index (χ4n) is 1.53. The number of aliphatic carboxylic acids is 1. The summed E-state index contributed by atoms with van der Waals surface area (Å²) >= 11 is 1.43. The third-order valence-electron chi connectivity index (χ3n) is 2.62. The average Bonchev–Trinajstić information content (AvgIpc) is 2.42. The SMILES string of the molecule is CSCCC(NC(=O)c1ccc(F)c([N+](=O)[O-])c1)C(=O)O.